The van der Waals surface area contributed by atoms with Gasteiger partial charge >= 0.3 is 0 Å². The second-order valence-corrected chi connectivity index (χ2v) is 11.5. The SMILES string of the molecule is N#C[C@H](Cc1ccc(C2CC3CN(C4COC4)CC3C2)cc1F)NC(=O)C12CCC(CC1)CN2. The van der Waals surface area contributed by atoms with E-state index in [4.69, 9.17) is 4.74 Å². The van der Waals surface area contributed by atoms with Crippen LogP contribution in [0.4, 0.5) is 4.39 Å². The van der Waals surface area contributed by atoms with Gasteiger partial charge < -0.3 is 15.4 Å². The molecule has 6 fully saturated rings. The Morgan fingerprint density at radius 3 is 2.56 bits per heavy atom. The van der Waals surface area contributed by atoms with Crippen LogP contribution in [0, 0.1) is 34.9 Å². The van der Waals surface area contributed by atoms with Crippen LogP contribution in [-0.2, 0) is 16.0 Å². The lowest BCUT2D eigenvalue weighted by molar-refractivity contribution is -0.131. The van der Waals surface area contributed by atoms with Gasteiger partial charge in [-0.2, -0.15) is 5.26 Å². The molecule has 3 atom stereocenters. The van der Waals surface area contributed by atoms with Gasteiger partial charge in [-0.25, -0.2) is 4.39 Å². The van der Waals surface area contributed by atoms with Crippen LogP contribution in [0.15, 0.2) is 18.2 Å². The average molecular weight is 467 g/mol. The van der Waals surface area contributed by atoms with E-state index in [0.717, 1.165) is 76.9 Å². The van der Waals surface area contributed by atoms with Gasteiger partial charge in [-0.1, -0.05) is 12.1 Å². The van der Waals surface area contributed by atoms with Crippen molar-refractivity contribution in [3.63, 3.8) is 0 Å². The molecule has 34 heavy (non-hydrogen) atoms. The van der Waals surface area contributed by atoms with Crippen LogP contribution in [0.2, 0.25) is 0 Å². The molecule has 2 unspecified atom stereocenters. The van der Waals surface area contributed by atoms with Gasteiger partial charge in [0, 0.05) is 19.5 Å². The number of fused-ring (bicyclic) bond motifs is 4. The van der Waals surface area contributed by atoms with Gasteiger partial charge in [0.05, 0.1) is 30.9 Å². The molecule has 0 aromatic heterocycles. The van der Waals surface area contributed by atoms with Gasteiger partial charge in [0.15, 0.2) is 0 Å². The van der Waals surface area contributed by atoms with E-state index in [1.165, 1.54) is 0 Å². The number of carbonyl (C=O) groups is 1. The highest BCUT2D eigenvalue weighted by Crippen LogP contribution is 2.47. The Hall–Kier alpha value is -2.01. The van der Waals surface area contributed by atoms with Gasteiger partial charge in [-0.15, -0.1) is 0 Å². The Morgan fingerprint density at radius 1 is 1.26 bits per heavy atom. The Bertz CT molecular complexity index is 954. The normalized spacial score (nSPS) is 36.0. The number of amides is 1. The molecule has 182 valence electrons. The van der Waals surface area contributed by atoms with Crippen LogP contribution in [0.1, 0.15) is 55.6 Å². The molecule has 2 N–H and O–H groups in total. The van der Waals surface area contributed by atoms with Crippen molar-refractivity contribution in [3.05, 3.63) is 35.1 Å². The zero-order chi connectivity index (χ0) is 23.3. The summed E-state index contributed by atoms with van der Waals surface area (Å²) in [6.45, 7) is 4.92. The number of likely N-dealkylation sites (tertiary alicyclic amines) is 1. The third kappa shape index (κ3) is 4.04. The van der Waals surface area contributed by atoms with Crippen molar-refractivity contribution >= 4 is 5.91 Å². The van der Waals surface area contributed by atoms with Crippen molar-refractivity contribution in [3.8, 4) is 6.07 Å². The minimum atomic E-state index is -0.726. The zero-order valence-electron chi connectivity index (χ0n) is 19.8. The molecular formula is C27H35FN4O2. The van der Waals surface area contributed by atoms with Crippen LogP contribution in [0.5, 0.6) is 0 Å². The number of benzene rings is 1. The fourth-order valence-electron chi connectivity index (χ4n) is 7.17. The molecule has 1 amide bonds. The van der Waals surface area contributed by atoms with E-state index in [0.29, 0.717) is 35.3 Å². The monoisotopic (exact) mass is 466 g/mol. The number of nitrogens with zero attached hydrogens (tertiary/aromatic N) is 2. The molecule has 6 aliphatic rings. The highest BCUT2D eigenvalue weighted by molar-refractivity contribution is 5.87. The van der Waals surface area contributed by atoms with Gasteiger partial charge in [0.1, 0.15) is 11.9 Å². The van der Waals surface area contributed by atoms with E-state index >= 15 is 4.39 Å². The van der Waals surface area contributed by atoms with Gasteiger partial charge in [-0.3, -0.25) is 9.69 Å². The second-order valence-electron chi connectivity index (χ2n) is 11.5. The van der Waals surface area contributed by atoms with E-state index in [1.54, 1.807) is 6.07 Å². The minimum absolute atomic E-state index is 0.103. The van der Waals surface area contributed by atoms with Gasteiger partial charge in [0.25, 0.3) is 0 Å². The fourth-order valence-corrected chi connectivity index (χ4v) is 7.17. The first-order chi connectivity index (χ1) is 16.5. The summed E-state index contributed by atoms with van der Waals surface area (Å²) in [5.41, 5.74) is 1.03. The topological polar surface area (TPSA) is 77.4 Å². The third-order valence-electron chi connectivity index (χ3n) is 9.47. The van der Waals surface area contributed by atoms with E-state index in [9.17, 15) is 10.1 Å². The summed E-state index contributed by atoms with van der Waals surface area (Å²) in [6, 6.07) is 7.61. The van der Waals surface area contributed by atoms with E-state index < -0.39 is 11.6 Å². The number of rotatable bonds is 6. The number of nitriles is 1. The lowest BCUT2D eigenvalue weighted by Gasteiger charge is -2.46. The van der Waals surface area contributed by atoms with Crippen molar-refractivity contribution in [2.24, 2.45) is 17.8 Å². The lowest BCUT2D eigenvalue weighted by atomic mass is 9.71. The van der Waals surface area contributed by atoms with E-state index in [1.807, 2.05) is 12.1 Å². The smallest absolute Gasteiger partial charge is 0.241 e. The highest BCUT2D eigenvalue weighted by atomic mass is 19.1. The Kier molecular flexibility index (Phi) is 5.87. The summed E-state index contributed by atoms with van der Waals surface area (Å²) in [4.78, 5) is 15.6. The first-order valence-corrected chi connectivity index (χ1v) is 13.1. The van der Waals surface area contributed by atoms with Crippen molar-refractivity contribution < 1.29 is 13.9 Å². The van der Waals surface area contributed by atoms with Crippen molar-refractivity contribution in [2.75, 3.05) is 32.8 Å². The van der Waals surface area contributed by atoms with Gasteiger partial charge in [-0.05, 0) is 85.9 Å². The summed E-state index contributed by atoms with van der Waals surface area (Å²) in [5, 5.41) is 16.0. The first-order valence-electron chi connectivity index (χ1n) is 13.1. The zero-order valence-corrected chi connectivity index (χ0v) is 19.8. The molecule has 7 heteroatoms. The maximum atomic E-state index is 15.1. The molecule has 4 saturated heterocycles. The molecule has 0 spiro atoms. The predicted molar refractivity (Wildman–Crippen MR) is 125 cm³/mol. The van der Waals surface area contributed by atoms with Crippen LogP contribution >= 0.6 is 0 Å². The highest BCUT2D eigenvalue weighted by Gasteiger charge is 2.46. The number of piperidine rings is 2. The number of carbonyl (C=O) groups excluding carboxylic acids is 1. The predicted octanol–water partition coefficient (Wildman–Crippen LogP) is 2.73. The maximum Gasteiger partial charge on any atom is 0.241 e. The Morgan fingerprint density at radius 2 is 2.00 bits per heavy atom. The molecule has 4 heterocycles. The van der Waals surface area contributed by atoms with Crippen molar-refractivity contribution in [1.29, 1.82) is 5.26 Å². The molecule has 2 aliphatic carbocycles. The molecule has 0 radical (unpaired) electrons. The molecule has 1 aromatic rings. The first kappa shape index (κ1) is 22.5. The largest absolute Gasteiger partial charge is 0.378 e. The summed E-state index contributed by atoms with van der Waals surface area (Å²) in [7, 11) is 0. The molecule has 1 aromatic carbocycles. The number of hydrogen-bond donors (Lipinski definition) is 2. The summed E-state index contributed by atoms with van der Waals surface area (Å²) in [5.74, 6) is 2.13. The molecule has 2 saturated carbocycles. The molecule has 4 aliphatic heterocycles. The number of ether oxygens (including phenoxy) is 1. The van der Waals surface area contributed by atoms with Crippen molar-refractivity contribution in [1.82, 2.24) is 15.5 Å². The van der Waals surface area contributed by atoms with E-state index in [-0.39, 0.29) is 18.1 Å². The van der Waals surface area contributed by atoms with Gasteiger partial charge in [0.2, 0.25) is 5.91 Å². The molecule has 2 bridgehead atoms. The minimum Gasteiger partial charge on any atom is -0.378 e. The standard InChI is InChI=1S/C27H35FN4O2/c28-25-10-18(20-7-21-13-32(14-22(21)8-20)24-15-34-16-24)1-2-19(25)9-23(11-29)31-26(33)27-5-3-17(4-6-27)12-30-27/h1-2,10,17,20-24,30H,3-9,12-16H2,(H,31,33)/t17?,20?,21?,22?,23-,27?/m0/s1. The summed E-state index contributed by atoms with van der Waals surface area (Å²) >= 11 is 0. The number of halogens is 1. The summed E-state index contributed by atoms with van der Waals surface area (Å²) < 4.78 is 20.4. The maximum absolute atomic E-state index is 15.1. The quantitative estimate of drug-likeness (QED) is 0.674. The van der Waals surface area contributed by atoms with E-state index in [2.05, 4.69) is 21.6 Å². The average Bonchev–Trinajstić information content (AvgIpc) is 3.39. The summed E-state index contributed by atoms with van der Waals surface area (Å²) in [6.07, 6.45) is 6.20. The number of hydrogen-bond acceptors (Lipinski definition) is 5. The van der Waals surface area contributed by atoms with Crippen molar-refractivity contribution in [2.45, 2.75) is 68.5 Å². The second kappa shape index (κ2) is 8.89. The van der Waals surface area contributed by atoms with Crippen LogP contribution < -0.4 is 10.6 Å². The Balaban J connectivity index is 1.06. The van der Waals surface area contributed by atoms with Crippen LogP contribution in [0.25, 0.3) is 0 Å². The molecule has 6 nitrogen and oxygen atoms in total. The van der Waals surface area contributed by atoms with Crippen LogP contribution in [0.3, 0.4) is 0 Å². The number of nitrogens with one attached hydrogen (secondary N) is 2. The third-order valence-corrected chi connectivity index (χ3v) is 9.47. The lowest BCUT2D eigenvalue weighted by Crippen LogP contribution is -2.64. The molecular weight excluding hydrogens is 431 g/mol. The molecule has 7 rings (SSSR count). The fraction of sp³-hybridized carbons (Fsp3) is 0.704. The Labute approximate surface area is 201 Å². The van der Waals surface area contributed by atoms with Crippen LogP contribution in [-0.4, -0.2) is 61.3 Å².